The number of rotatable bonds is 3. The Morgan fingerprint density at radius 1 is 1.38 bits per heavy atom. The van der Waals surface area contributed by atoms with Crippen LogP contribution in [0.1, 0.15) is 13.8 Å². The second-order valence-electron chi connectivity index (χ2n) is 4.00. The first-order valence-corrected chi connectivity index (χ1v) is 5.40. The van der Waals surface area contributed by atoms with Crippen LogP contribution in [0.3, 0.4) is 0 Å². The van der Waals surface area contributed by atoms with Crippen molar-refractivity contribution in [2.75, 3.05) is 0 Å². The van der Waals surface area contributed by atoms with Gasteiger partial charge in [0.2, 0.25) is 0 Å². The van der Waals surface area contributed by atoms with Crippen LogP contribution in [0.15, 0.2) is 30.5 Å². The Kier molecular flexibility index (Phi) is 2.87. The highest BCUT2D eigenvalue weighted by molar-refractivity contribution is 5.86. The molecule has 0 aliphatic rings. The molecule has 0 amide bonds. The summed E-state index contributed by atoms with van der Waals surface area (Å²) in [6.45, 7) is 4.64. The second kappa shape index (κ2) is 4.32. The van der Waals surface area contributed by atoms with Crippen molar-refractivity contribution in [1.82, 2.24) is 4.57 Å². The van der Waals surface area contributed by atoms with Gasteiger partial charge in [0, 0.05) is 11.6 Å². The lowest BCUT2D eigenvalue weighted by molar-refractivity contribution is 0.245. The Bertz CT molecular complexity index is 531. The van der Waals surface area contributed by atoms with Crippen LogP contribution in [0.4, 0.5) is 0 Å². The standard InChI is InChI=1S/C14H15NO/c1-4-9-15-10-8-12-13(15)6-5-7-14(12)16-11(2)3/h1,5-8,10-11H,9H2,2-3H3. The van der Waals surface area contributed by atoms with Gasteiger partial charge in [-0.3, -0.25) is 0 Å². The molecule has 0 radical (unpaired) electrons. The average Bonchev–Trinajstić information content (AvgIpc) is 2.63. The van der Waals surface area contributed by atoms with Crippen molar-refractivity contribution in [2.45, 2.75) is 26.5 Å². The predicted octanol–water partition coefficient (Wildman–Crippen LogP) is 3.06. The van der Waals surface area contributed by atoms with Crippen LogP contribution < -0.4 is 4.74 Å². The molecule has 2 nitrogen and oxygen atoms in total. The van der Waals surface area contributed by atoms with E-state index in [2.05, 4.69) is 12.0 Å². The van der Waals surface area contributed by atoms with Crippen LogP contribution in [-0.4, -0.2) is 10.7 Å². The molecule has 0 fully saturated rings. The summed E-state index contributed by atoms with van der Waals surface area (Å²) in [4.78, 5) is 0. The van der Waals surface area contributed by atoms with E-state index in [-0.39, 0.29) is 6.10 Å². The summed E-state index contributed by atoms with van der Waals surface area (Å²) in [5.41, 5.74) is 1.12. The fourth-order valence-corrected chi connectivity index (χ4v) is 1.79. The SMILES string of the molecule is C#CCn1ccc2c(OC(C)C)cccc21. The van der Waals surface area contributed by atoms with E-state index in [0.717, 1.165) is 16.7 Å². The maximum Gasteiger partial charge on any atom is 0.129 e. The Morgan fingerprint density at radius 3 is 2.88 bits per heavy atom. The molecular weight excluding hydrogens is 198 g/mol. The van der Waals surface area contributed by atoms with Crippen molar-refractivity contribution in [3.05, 3.63) is 30.5 Å². The Morgan fingerprint density at radius 2 is 2.19 bits per heavy atom. The minimum Gasteiger partial charge on any atom is -0.490 e. The number of hydrogen-bond donors (Lipinski definition) is 0. The van der Waals surface area contributed by atoms with Gasteiger partial charge in [0.15, 0.2) is 0 Å². The topological polar surface area (TPSA) is 14.2 Å². The summed E-state index contributed by atoms with van der Waals surface area (Å²) >= 11 is 0. The molecule has 2 aromatic rings. The highest BCUT2D eigenvalue weighted by atomic mass is 16.5. The maximum atomic E-state index is 5.75. The number of nitrogens with zero attached hydrogens (tertiary/aromatic N) is 1. The van der Waals surface area contributed by atoms with Gasteiger partial charge in [0.25, 0.3) is 0 Å². The van der Waals surface area contributed by atoms with Crippen LogP contribution in [0.2, 0.25) is 0 Å². The summed E-state index contributed by atoms with van der Waals surface area (Å²) in [7, 11) is 0. The summed E-state index contributed by atoms with van der Waals surface area (Å²) in [6.07, 6.45) is 7.51. The highest BCUT2D eigenvalue weighted by Gasteiger charge is 2.06. The van der Waals surface area contributed by atoms with Crippen molar-refractivity contribution >= 4 is 10.9 Å². The van der Waals surface area contributed by atoms with E-state index in [0.29, 0.717) is 6.54 Å². The Hall–Kier alpha value is -1.88. The van der Waals surface area contributed by atoms with Crippen LogP contribution in [0.5, 0.6) is 5.75 Å². The van der Waals surface area contributed by atoms with Crippen molar-refractivity contribution in [1.29, 1.82) is 0 Å². The van der Waals surface area contributed by atoms with Crippen LogP contribution in [0, 0.1) is 12.3 Å². The zero-order valence-corrected chi connectivity index (χ0v) is 9.60. The first-order valence-electron chi connectivity index (χ1n) is 5.40. The minimum atomic E-state index is 0.182. The lowest BCUT2D eigenvalue weighted by Crippen LogP contribution is -2.05. The third-order valence-corrected chi connectivity index (χ3v) is 2.40. The lowest BCUT2D eigenvalue weighted by atomic mass is 10.2. The molecule has 0 spiro atoms. The van der Waals surface area contributed by atoms with E-state index >= 15 is 0 Å². The zero-order valence-electron chi connectivity index (χ0n) is 9.60. The largest absolute Gasteiger partial charge is 0.490 e. The molecule has 82 valence electrons. The fraction of sp³-hybridized carbons (Fsp3) is 0.286. The molecule has 2 rings (SSSR count). The smallest absolute Gasteiger partial charge is 0.129 e. The molecule has 0 N–H and O–H groups in total. The molecule has 0 unspecified atom stereocenters. The summed E-state index contributed by atoms with van der Waals surface area (Å²) in [5, 5.41) is 1.12. The lowest BCUT2D eigenvalue weighted by Gasteiger charge is -2.11. The van der Waals surface area contributed by atoms with Gasteiger partial charge in [-0.2, -0.15) is 0 Å². The molecule has 0 bridgehead atoms. The third kappa shape index (κ3) is 1.90. The van der Waals surface area contributed by atoms with Gasteiger partial charge in [-0.1, -0.05) is 12.0 Å². The van der Waals surface area contributed by atoms with Gasteiger partial charge in [-0.15, -0.1) is 6.42 Å². The summed E-state index contributed by atoms with van der Waals surface area (Å²) in [5.74, 6) is 3.56. The molecule has 1 heterocycles. The van der Waals surface area contributed by atoms with Crippen LogP contribution in [0.25, 0.3) is 10.9 Å². The van der Waals surface area contributed by atoms with Crippen LogP contribution in [-0.2, 0) is 6.54 Å². The molecule has 16 heavy (non-hydrogen) atoms. The van der Waals surface area contributed by atoms with Crippen LogP contribution >= 0.6 is 0 Å². The van der Waals surface area contributed by atoms with E-state index in [1.807, 2.05) is 42.8 Å². The summed E-state index contributed by atoms with van der Waals surface area (Å²) < 4.78 is 7.80. The molecule has 0 saturated carbocycles. The average molecular weight is 213 g/mol. The first-order chi connectivity index (χ1) is 7.72. The normalized spacial score (nSPS) is 10.6. The van der Waals surface area contributed by atoms with Gasteiger partial charge in [0.1, 0.15) is 5.75 Å². The predicted molar refractivity (Wildman–Crippen MR) is 66.5 cm³/mol. The molecular formula is C14H15NO. The number of aromatic nitrogens is 1. The zero-order chi connectivity index (χ0) is 11.5. The fourth-order valence-electron chi connectivity index (χ4n) is 1.79. The number of ether oxygens (including phenoxy) is 1. The van der Waals surface area contributed by atoms with E-state index in [4.69, 9.17) is 11.2 Å². The van der Waals surface area contributed by atoms with E-state index < -0.39 is 0 Å². The Labute approximate surface area is 95.8 Å². The van der Waals surface area contributed by atoms with E-state index in [9.17, 15) is 0 Å². The van der Waals surface area contributed by atoms with Crippen molar-refractivity contribution in [2.24, 2.45) is 0 Å². The maximum absolute atomic E-state index is 5.75. The van der Waals surface area contributed by atoms with E-state index in [1.165, 1.54) is 0 Å². The van der Waals surface area contributed by atoms with Crippen molar-refractivity contribution in [3.8, 4) is 18.1 Å². The molecule has 0 aliphatic carbocycles. The number of hydrogen-bond acceptors (Lipinski definition) is 1. The molecule has 1 aromatic heterocycles. The monoisotopic (exact) mass is 213 g/mol. The van der Waals surface area contributed by atoms with Gasteiger partial charge in [-0.25, -0.2) is 0 Å². The van der Waals surface area contributed by atoms with Gasteiger partial charge < -0.3 is 9.30 Å². The summed E-state index contributed by atoms with van der Waals surface area (Å²) in [6, 6.07) is 8.08. The van der Waals surface area contributed by atoms with Gasteiger partial charge >= 0.3 is 0 Å². The van der Waals surface area contributed by atoms with Crippen molar-refractivity contribution in [3.63, 3.8) is 0 Å². The van der Waals surface area contributed by atoms with Gasteiger partial charge in [0.05, 0.1) is 18.2 Å². The number of benzene rings is 1. The second-order valence-corrected chi connectivity index (χ2v) is 4.00. The minimum absolute atomic E-state index is 0.182. The number of terminal acetylenes is 1. The molecule has 0 atom stereocenters. The van der Waals surface area contributed by atoms with Crippen molar-refractivity contribution < 1.29 is 4.74 Å². The highest BCUT2D eigenvalue weighted by Crippen LogP contribution is 2.27. The molecule has 0 saturated heterocycles. The van der Waals surface area contributed by atoms with Gasteiger partial charge in [-0.05, 0) is 32.0 Å². The molecule has 0 aliphatic heterocycles. The first kappa shape index (κ1) is 10.6. The Balaban J connectivity index is 2.49. The van der Waals surface area contributed by atoms with E-state index in [1.54, 1.807) is 0 Å². The quantitative estimate of drug-likeness (QED) is 0.715. The molecule has 2 heteroatoms. The molecule has 1 aromatic carbocycles. The third-order valence-electron chi connectivity index (χ3n) is 2.40. The number of fused-ring (bicyclic) bond motifs is 1.